The molecule has 0 bridgehead atoms. The predicted molar refractivity (Wildman–Crippen MR) is 246 cm³/mol. The molecule has 2 nitrogen and oxygen atoms in total. The normalized spacial score (nSPS) is 15.0. The summed E-state index contributed by atoms with van der Waals surface area (Å²) in [6.07, 6.45) is 0. The summed E-state index contributed by atoms with van der Waals surface area (Å²) in [5.74, 6) is 0. The molecule has 288 valence electrons. The maximum absolute atomic E-state index is 6.31. The van der Waals surface area contributed by atoms with Gasteiger partial charge in [-0.2, -0.15) is 0 Å². The third-order valence-corrected chi connectivity index (χ3v) is 13.4. The zero-order chi connectivity index (χ0) is 40.5. The Bertz CT molecular complexity index is 2960. The minimum absolute atomic E-state index is 0.0505. The van der Waals surface area contributed by atoms with Crippen molar-refractivity contribution in [1.82, 2.24) is 0 Å². The van der Waals surface area contributed by atoms with Crippen molar-refractivity contribution in [1.29, 1.82) is 0 Å². The van der Waals surface area contributed by atoms with Crippen LogP contribution in [0.2, 0.25) is 0 Å². The van der Waals surface area contributed by atoms with Gasteiger partial charge in [-0.15, -0.1) is 0 Å². The number of hydrogen-bond donors (Lipinski definition) is 0. The Balaban J connectivity index is 1.23. The number of para-hydroxylation sites is 1. The van der Waals surface area contributed by atoms with Gasteiger partial charge in [-0.25, -0.2) is 0 Å². The molecule has 0 saturated heterocycles. The number of hydrogen-bond acceptors (Lipinski definition) is 2. The standard InChI is InChI=1S/C56H53NO/c1-53(2,3)35-24-28-42-45(30-35)56(9,10)47-31-36(54(4,5)6)32-48(52(42)47)57(38-27-29-41-40-16-11-13-19-44(40)55(7,8)46(41)33-38)37-25-22-34(23-26-37)39-18-15-21-50-51(39)43-17-12-14-20-49(43)58-50/h11-33H,1-10H3. The highest BCUT2D eigenvalue weighted by molar-refractivity contribution is 6.12. The first-order valence-electron chi connectivity index (χ1n) is 20.9. The van der Waals surface area contributed by atoms with E-state index in [0.29, 0.717) is 0 Å². The molecule has 2 aliphatic rings. The van der Waals surface area contributed by atoms with Crippen LogP contribution in [0.15, 0.2) is 144 Å². The van der Waals surface area contributed by atoms with Crippen molar-refractivity contribution in [3.8, 4) is 33.4 Å². The predicted octanol–water partition coefficient (Wildman–Crippen LogP) is 15.9. The van der Waals surface area contributed by atoms with Crippen molar-refractivity contribution >= 4 is 39.0 Å². The highest BCUT2D eigenvalue weighted by atomic mass is 16.3. The van der Waals surface area contributed by atoms with Gasteiger partial charge < -0.3 is 9.32 Å². The van der Waals surface area contributed by atoms with Crippen LogP contribution in [-0.2, 0) is 21.7 Å². The van der Waals surface area contributed by atoms with E-state index in [1.807, 2.05) is 6.07 Å². The second kappa shape index (κ2) is 12.3. The lowest BCUT2D eigenvalue weighted by Gasteiger charge is -2.33. The number of furan rings is 1. The molecular formula is C56H53NO. The van der Waals surface area contributed by atoms with Gasteiger partial charge in [0.2, 0.25) is 0 Å². The molecule has 0 aliphatic heterocycles. The summed E-state index contributed by atoms with van der Waals surface area (Å²) >= 11 is 0. The van der Waals surface area contributed by atoms with Crippen molar-refractivity contribution in [2.75, 3.05) is 4.90 Å². The fourth-order valence-corrected chi connectivity index (χ4v) is 9.97. The van der Waals surface area contributed by atoms with E-state index in [9.17, 15) is 0 Å². The third-order valence-electron chi connectivity index (χ3n) is 13.4. The highest BCUT2D eigenvalue weighted by Crippen LogP contribution is 2.57. The lowest BCUT2D eigenvalue weighted by molar-refractivity contribution is 0.580. The largest absolute Gasteiger partial charge is 0.456 e. The fourth-order valence-electron chi connectivity index (χ4n) is 9.97. The summed E-state index contributed by atoms with van der Waals surface area (Å²) < 4.78 is 6.31. The second-order valence-electron chi connectivity index (χ2n) is 19.9. The molecule has 58 heavy (non-hydrogen) atoms. The molecule has 10 rings (SSSR count). The molecule has 2 heteroatoms. The quantitative estimate of drug-likeness (QED) is 0.178. The number of benzene rings is 7. The second-order valence-corrected chi connectivity index (χ2v) is 19.9. The molecule has 0 fully saturated rings. The summed E-state index contributed by atoms with van der Waals surface area (Å²) in [6, 6.07) is 52.4. The van der Waals surface area contributed by atoms with Gasteiger partial charge in [0.05, 0.1) is 5.69 Å². The Labute approximate surface area is 344 Å². The SMILES string of the molecule is CC(C)(C)c1ccc2c(c1)C(C)(C)c1cc(C(C)(C)C)cc(N(c3ccc(-c4cccc5oc6ccccc6c45)cc3)c3ccc4c(c3)C(C)(C)c3ccccc3-4)c1-2. The molecule has 0 amide bonds. The summed E-state index contributed by atoms with van der Waals surface area (Å²) in [5.41, 5.74) is 21.0. The molecule has 0 saturated carbocycles. The molecular weight excluding hydrogens is 703 g/mol. The number of anilines is 3. The summed E-state index contributed by atoms with van der Waals surface area (Å²) in [7, 11) is 0. The van der Waals surface area contributed by atoms with Crippen molar-refractivity contribution in [2.24, 2.45) is 0 Å². The van der Waals surface area contributed by atoms with E-state index in [-0.39, 0.29) is 21.7 Å². The maximum Gasteiger partial charge on any atom is 0.136 e. The monoisotopic (exact) mass is 755 g/mol. The van der Waals surface area contributed by atoms with E-state index in [2.05, 4.69) is 208 Å². The van der Waals surface area contributed by atoms with Gasteiger partial charge in [-0.05, 0) is 114 Å². The Morgan fingerprint density at radius 1 is 0.448 bits per heavy atom. The molecule has 7 aromatic carbocycles. The van der Waals surface area contributed by atoms with Crippen molar-refractivity contribution in [2.45, 2.75) is 90.9 Å². The average molecular weight is 756 g/mol. The van der Waals surface area contributed by atoms with Gasteiger partial charge in [0, 0.05) is 38.5 Å². The smallest absolute Gasteiger partial charge is 0.136 e. The van der Waals surface area contributed by atoms with Gasteiger partial charge in [0.1, 0.15) is 11.2 Å². The van der Waals surface area contributed by atoms with Crippen LogP contribution in [0.4, 0.5) is 17.1 Å². The lowest BCUT2D eigenvalue weighted by atomic mass is 9.77. The third kappa shape index (κ3) is 5.37. The van der Waals surface area contributed by atoms with Crippen LogP contribution in [0.5, 0.6) is 0 Å². The minimum Gasteiger partial charge on any atom is -0.456 e. The van der Waals surface area contributed by atoms with E-state index in [1.165, 1.54) is 78.1 Å². The zero-order valence-corrected chi connectivity index (χ0v) is 35.6. The van der Waals surface area contributed by atoms with Crippen LogP contribution in [0.3, 0.4) is 0 Å². The van der Waals surface area contributed by atoms with E-state index in [1.54, 1.807) is 0 Å². The van der Waals surface area contributed by atoms with Gasteiger partial charge in [-0.1, -0.05) is 166 Å². The molecule has 0 unspecified atom stereocenters. The zero-order valence-electron chi connectivity index (χ0n) is 35.6. The molecule has 8 aromatic rings. The highest BCUT2D eigenvalue weighted by Gasteiger charge is 2.41. The number of fused-ring (bicyclic) bond motifs is 9. The van der Waals surface area contributed by atoms with E-state index in [0.717, 1.165) is 27.6 Å². The first kappa shape index (κ1) is 36.5. The average Bonchev–Trinajstić information content (AvgIpc) is 3.77. The first-order valence-corrected chi connectivity index (χ1v) is 20.9. The lowest BCUT2D eigenvalue weighted by Crippen LogP contribution is -2.20. The minimum atomic E-state index is -0.176. The molecule has 2 aliphatic carbocycles. The topological polar surface area (TPSA) is 16.4 Å². The van der Waals surface area contributed by atoms with Gasteiger partial charge in [0.25, 0.3) is 0 Å². The van der Waals surface area contributed by atoms with E-state index in [4.69, 9.17) is 4.42 Å². The first-order chi connectivity index (χ1) is 27.5. The molecule has 0 spiro atoms. The Hall–Kier alpha value is -5.86. The fraction of sp³-hybridized carbons (Fsp3) is 0.250. The van der Waals surface area contributed by atoms with Gasteiger partial charge in [0.15, 0.2) is 0 Å². The van der Waals surface area contributed by atoms with E-state index < -0.39 is 0 Å². The van der Waals surface area contributed by atoms with Gasteiger partial charge >= 0.3 is 0 Å². The Morgan fingerprint density at radius 3 is 1.79 bits per heavy atom. The Morgan fingerprint density at radius 2 is 1.03 bits per heavy atom. The maximum atomic E-state index is 6.31. The Kier molecular flexibility index (Phi) is 7.75. The molecule has 0 N–H and O–H groups in total. The number of nitrogens with zero attached hydrogens (tertiary/aromatic N) is 1. The van der Waals surface area contributed by atoms with Crippen LogP contribution in [-0.4, -0.2) is 0 Å². The van der Waals surface area contributed by atoms with Crippen LogP contribution in [0.25, 0.3) is 55.3 Å². The van der Waals surface area contributed by atoms with Crippen LogP contribution >= 0.6 is 0 Å². The van der Waals surface area contributed by atoms with Crippen LogP contribution in [0, 0.1) is 0 Å². The van der Waals surface area contributed by atoms with E-state index >= 15 is 0 Å². The van der Waals surface area contributed by atoms with Crippen molar-refractivity contribution in [3.05, 3.63) is 173 Å². The summed E-state index contributed by atoms with van der Waals surface area (Å²) in [4.78, 5) is 2.55. The molecule has 1 heterocycles. The van der Waals surface area contributed by atoms with Crippen LogP contribution < -0.4 is 4.90 Å². The van der Waals surface area contributed by atoms with Crippen molar-refractivity contribution < 1.29 is 4.42 Å². The summed E-state index contributed by atoms with van der Waals surface area (Å²) in [5, 5.41) is 2.30. The molecule has 1 aromatic heterocycles. The molecule has 0 radical (unpaired) electrons. The van der Waals surface area contributed by atoms with Crippen molar-refractivity contribution in [3.63, 3.8) is 0 Å². The van der Waals surface area contributed by atoms with Gasteiger partial charge in [-0.3, -0.25) is 0 Å². The van der Waals surface area contributed by atoms with Crippen LogP contribution in [0.1, 0.15) is 103 Å². The number of rotatable bonds is 4. The molecule has 0 atom stereocenters. The summed E-state index contributed by atoms with van der Waals surface area (Å²) in [6.45, 7) is 23.6.